The number of hydrogen-bond acceptors (Lipinski definition) is 5. The first-order chi connectivity index (χ1) is 15.1. The maximum absolute atomic E-state index is 12.6. The van der Waals surface area contributed by atoms with Crippen molar-refractivity contribution in [1.82, 2.24) is 20.1 Å². The number of amides is 2. The number of anilines is 1. The lowest BCUT2D eigenvalue weighted by Gasteiger charge is -2.14. The second-order valence-corrected chi connectivity index (χ2v) is 9.22. The molecule has 0 aliphatic carbocycles. The SMILES string of the molecule is Cc1cc(C)cc(NC(=O)CSc2nnc(C(C)NC(=O)c3ccc(Cl)cc3Cl)n2C)c1. The molecule has 1 unspecified atom stereocenters. The molecular weight excluding hydrogens is 469 g/mol. The van der Waals surface area contributed by atoms with E-state index in [-0.39, 0.29) is 22.6 Å². The Morgan fingerprint density at radius 1 is 1.09 bits per heavy atom. The minimum atomic E-state index is -0.426. The van der Waals surface area contributed by atoms with Crippen LogP contribution in [0.3, 0.4) is 0 Å². The third kappa shape index (κ3) is 6.03. The Bertz CT molecular complexity index is 1140. The summed E-state index contributed by atoms with van der Waals surface area (Å²) in [6.07, 6.45) is 0. The quantitative estimate of drug-likeness (QED) is 0.455. The van der Waals surface area contributed by atoms with Gasteiger partial charge in [-0.25, -0.2) is 0 Å². The van der Waals surface area contributed by atoms with Crippen molar-refractivity contribution in [2.24, 2.45) is 7.05 Å². The molecule has 0 fully saturated rings. The van der Waals surface area contributed by atoms with E-state index in [4.69, 9.17) is 23.2 Å². The Kier molecular flexibility index (Phi) is 7.82. The Labute approximate surface area is 200 Å². The Hall–Kier alpha value is -2.55. The summed E-state index contributed by atoms with van der Waals surface area (Å²) in [7, 11) is 1.79. The molecule has 0 aliphatic heterocycles. The maximum Gasteiger partial charge on any atom is 0.253 e. The van der Waals surface area contributed by atoms with Gasteiger partial charge in [0.2, 0.25) is 5.91 Å². The highest BCUT2D eigenvalue weighted by Gasteiger charge is 2.20. The molecular formula is C22H23Cl2N5O2S. The van der Waals surface area contributed by atoms with Gasteiger partial charge in [0, 0.05) is 17.8 Å². The van der Waals surface area contributed by atoms with Gasteiger partial charge < -0.3 is 15.2 Å². The lowest BCUT2D eigenvalue weighted by molar-refractivity contribution is -0.113. The molecule has 2 amide bonds. The number of benzene rings is 2. The predicted octanol–water partition coefficient (Wildman–Crippen LogP) is 4.96. The molecule has 2 N–H and O–H groups in total. The number of hydrogen-bond donors (Lipinski definition) is 2. The van der Waals surface area contributed by atoms with Crippen LogP contribution >= 0.6 is 35.0 Å². The van der Waals surface area contributed by atoms with Crippen LogP contribution in [0.4, 0.5) is 5.69 Å². The van der Waals surface area contributed by atoms with Crippen LogP contribution in [0.1, 0.15) is 40.3 Å². The van der Waals surface area contributed by atoms with E-state index in [0.717, 1.165) is 16.8 Å². The molecule has 7 nitrogen and oxygen atoms in total. The fraction of sp³-hybridized carbons (Fsp3) is 0.273. The number of nitrogens with one attached hydrogen (secondary N) is 2. The predicted molar refractivity (Wildman–Crippen MR) is 129 cm³/mol. The molecule has 10 heteroatoms. The molecule has 0 aliphatic rings. The Morgan fingerprint density at radius 3 is 2.44 bits per heavy atom. The highest BCUT2D eigenvalue weighted by molar-refractivity contribution is 7.99. The van der Waals surface area contributed by atoms with E-state index in [1.54, 1.807) is 30.7 Å². The molecule has 3 rings (SSSR count). The van der Waals surface area contributed by atoms with E-state index < -0.39 is 6.04 Å². The molecule has 0 saturated carbocycles. The summed E-state index contributed by atoms with van der Waals surface area (Å²) >= 11 is 13.3. The molecule has 0 bridgehead atoms. The van der Waals surface area contributed by atoms with E-state index in [9.17, 15) is 9.59 Å². The van der Waals surface area contributed by atoms with Crippen molar-refractivity contribution in [3.05, 3.63) is 69.0 Å². The lowest BCUT2D eigenvalue weighted by atomic mass is 10.1. The zero-order valence-electron chi connectivity index (χ0n) is 18.1. The van der Waals surface area contributed by atoms with E-state index in [1.807, 2.05) is 32.0 Å². The van der Waals surface area contributed by atoms with Crippen LogP contribution in [0.25, 0.3) is 0 Å². The number of carbonyl (C=O) groups excluding carboxylic acids is 2. The largest absolute Gasteiger partial charge is 0.342 e. The van der Waals surface area contributed by atoms with Gasteiger partial charge in [0.05, 0.1) is 22.4 Å². The molecule has 1 aromatic heterocycles. The monoisotopic (exact) mass is 491 g/mol. The zero-order valence-corrected chi connectivity index (χ0v) is 20.4. The van der Waals surface area contributed by atoms with E-state index >= 15 is 0 Å². The lowest BCUT2D eigenvalue weighted by Crippen LogP contribution is -2.28. The zero-order chi connectivity index (χ0) is 23.4. The fourth-order valence-electron chi connectivity index (χ4n) is 3.22. The summed E-state index contributed by atoms with van der Waals surface area (Å²) in [5, 5.41) is 15.4. The van der Waals surface area contributed by atoms with Crippen molar-refractivity contribution in [3.8, 4) is 0 Å². The first-order valence-electron chi connectivity index (χ1n) is 9.80. The average molecular weight is 492 g/mol. The number of nitrogens with zero attached hydrogens (tertiary/aromatic N) is 3. The number of aromatic nitrogens is 3. The third-order valence-corrected chi connectivity index (χ3v) is 6.19. The van der Waals surface area contributed by atoms with E-state index in [0.29, 0.717) is 21.6 Å². The molecule has 1 atom stereocenters. The van der Waals surface area contributed by atoms with E-state index in [1.165, 1.54) is 17.8 Å². The van der Waals surface area contributed by atoms with Gasteiger partial charge in [-0.2, -0.15) is 0 Å². The highest BCUT2D eigenvalue weighted by Crippen LogP contribution is 2.23. The smallest absolute Gasteiger partial charge is 0.253 e. The molecule has 0 radical (unpaired) electrons. The fourth-order valence-corrected chi connectivity index (χ4v) is 4.43. The van der Waals surface area contributed by atoms with Crippen molar-refractivity contribution in [2.45, 2.75) is 32.0 Å². The van der Waals surface area contributed by atoms with Gasteiger partial charge in [0.25, 0.3) is 5.91 Å². The second-order valence-electron chi connectivity index (χ2n) is 7.43. The number of thioether (sulfide) groups is 1. The minimum Gasteiger partial charge on any atom is -0.342 e. The van der Waals surface area contributed by atoms with Gasteiger partial charge in [-0.3, -0.25) is 9.59 Å². The Balaban J connectivity index is 1.60. The second kappa shape index (κ2) is 10.4. The van der Waals surface area contributed by atoms with Crippen molar-refractivity contribution in [3.63, 3.8) is 0 Å². The average Bonchev–Trinajstić information content (AvgIpc) is 3.06. The number of carbonyl (C=O) groups is 2. The van der Waals surface area contributed by atoms with E-state index in [2.05, 4.69) is 20.8 Å². The van der Waals surface area contributed by atoms with Crippen LogP contribution in [0, 0.1) is 13.8 Å². The summed E-state index contributed by atoms with van der Waals surface area (Å²) in [6, 6.07) is 10.2. The van der Waals surface area contributed by atoms with Crippen LogP contribution in [-0.4, -0.2) is 32.3 Å². The topological polar surface area (TPSA) is 88.9 Å². The molecule has 0 saturated heterocycles. The van der Waals surface area contributed by atoms with Crippen LogP contribution in [0.5, 0.6) is 0 Å². The van der Waals surface area contributed by atoms with Crippen molar-refractivity contribution in [1.29, 1.82) is 0 Å². The van der Waals surface area contributed by atoms with Gasteiger partial charge in [-0.05, 0) is 62.2 Å². The first-order valence-corrected chi connectivity index (χ1v) is 11.5. The normalized spacial score (nSPS) is 11.8. The minimum absolute atomic E-state index is 0.136. The first kappa shape index (κ1) is 24.1. The highest BCUT2D eigenvalue weighted by atomic mass is 35.5. The van der Waals surface area contributed by atoms with Gasteiger partial charge in [0.15, 0.2) is 11.0 Å². The van der Waals surface area contributed by atoms with Crippen LogP contribution < -0.4 is 10.6 Å². The molecule has 3 aromatic rings. The molecule has 0 spiro atoms. The Morgan fingerprint density at radius 2 is 1.78 bits per heavy atom. The van der Waals surface area contributed by atoms with Gasteiger partial charge in [-0.15, -0.1) is 10.2 Å². The summed E-state index contributed by atoms with van der Waals surface area (Å²) in [5.74, 6) is 0.258. The summed E-state index contributed by atoms with van der Waals surface area (Å²) in [4.78, 5) is 24.9. The molecule has 1 heterocycles. The van der Waals surface area contributed by atoms with Crippen LogP contribution in [0.15, 0.2) is 41.6 Å². The molecule has 2 aromatic carbocycles. The molecule has 168 valence electrons. The number of aryl methyl sites for hydroxylation is 2. The van der Waals surface area contributed by atoms with Crippen molar-refractivity contribution < 1.29 is 9.59 Å². The number of rotatable bonds is 7. The van der Waals surface area contributed by atoms with Crippen LogP contribution in [-0.2, 0) is 11.8 Å². The molecule has 32 heavy (non-hydrogen) atoms. The standard InChI is InChI=1S/C22H23Cl2N5O2S/c1-12-7-13(2)9-16(8-12)26-19(30)11-32-22-28-27-20(29(22)4)14(3)25-21(31)17-6-5-15(23)10-18(17)24/h5-10,14H,11H2,1-4H3,(H,25,31)(H,26,30). The third-order valence-electron chi connectivity index (χ3n) is 4.62. The maximum atomic E-state index is 12.6. The summed E-state index contributed by atoms with van der Waals surface area (Å²) < 4.78 is 1.75. The summed E-state index contributed by atoms with van der Waals surface area (Å²) in [5.41, 5.74) is 3.26. The van der Waals surface area contributed by atoms with Gasteiger partial charge in [0.1, 0.15) is 0 Å². The number of halogens is 2. The van der Waals surface area contributed by atoms with Gasteiger partial charge in [-0.1, -0.05) is 41.0 Å². The van der Waals surface area contributed by atoms with Crippen molar-refractivity contribution in [2.75, 3.05) is 11.1 Å². The van der Waals surface area contributed by atoms with Crippen molar-refractivity contribution >= 4 is 52.5 Å². The van der Waals surface area contributed by atoms with Gasteiger partial charge >= 0.3 is 0 Å². The van der Waals surface area contributed by atoms with Crippen LogP contribution in [0.2, 0.25) is 10.0 Å². The summed E-state index contributed by atoms with van der Waals surface area (Å²) in [6.45, 7) is 5.77.